The second-order valence-electron chi connectivity index (χ2n) is 3.36. The predicted octanol–water partition coefficient (Wildman–Crippen LogP) is 1.19. The molecule has 0 aliphatic carbocycles. The highest BCUT2D eigenvalue weighted by Gasteiger charge is 2.42. The minimum absolute atomic E-state index is 0. The van der Waals surface area contributed by atoms with Crippen LogP contribution >= 0.6 is 12.4 Å². The van der Waals surface area contributed by atoms with Gasteiger partial charge in [-0.15, -0.1) is 12.4 Å². The molecule has 2 saturated heterocycles. The Bertz CT molecular complexity index is 153. The van der Waals surface area contributed by atoms with Gasteiger partial charge in [-0.25, -0.2) is 8.78 Å². The second kappa shape index (κ2) is 3.44. The first-order valence-corrected chi connectivity index (χ1v) is 3.87. The number of halogens is 3. The van der Waals surface area contributed by atoms with Crippen LogP contribution in [0.25, 0.3) is 0 Å². The monoisotopic (exact) mass is 199 g/mol. The Balaban J connectivity index is 0.000000720. The zero-order valence-corrected chi connectivity index (χ0v) is 7.37. The molecule has 12 heavy (non-hydrogen) atoms. The van der Waals surface area contributed by atoms with Gasteiger partial charge in [0.1, 0.15) is 0 Å². The number of ether oxygens (including phenoxy) is 1. The average Bonchev–Trinajstić information content (AvgIpc) is 1.82. The molecule has 2 fully saturated rings. The van der Waals surface area contributed by atoms with Crippen LogP contribution in [0.1, 0.15) is 12.8 Å². The van der Waals surface area contributed by atoms with E-state index in [9.17, 15) is 8.78 Å². The van der Waals surface area contributed by atoms with Crippen molar-refractivity contribution in [1.82, 2.24) is 5.32 Å². The average molecular weight is 200 g/mol. The van der Waals surface area contributed by atoms with Gasteiger partial charge in [-0.05, 0) is 0 Å². The Labute approximate surface area is 76.1 Å². The zero-order chi connectivity index (χ0) is 7.90. The number of piperidine rings is 1. The lowest BCUT2D eigenvalue weighted by Crippen LogP contribution is -2.57. The van der Waals surface area contributed by atoms with E-state index in [0.717, 1.165) is 0 Å². The maximum absolute atomic E-state index is 12.8. The largest absolute Gasteiger partial charge is 0.378 e. The Morgan fingerprint density at radius 1 is 1.17 bits per heavy atom. The number of fused-ring (bicyclic) bond motifs is 2. The number of rotatable bonds is 0. The van der Waals surface area contributed by atoms with Gasteiger partial charge in [0.15, 0.2) is 0 Å². The molecule has 0 amide bonds. The van der Waals surface area contributed by atoms with Crippen LogP contribution < -0.4 is 5.32 Å². The molecule has 0 saturated carbocycles. The summed E-state index contributed by atoms with van der Waals surface area (Å²) >= 11 is 0. The number of morpholine rings is 1. The summed E-state index contributed by atoms with van der Waals surface area (Å²) in [4.78, 5) is 0. The Kier molecular flexibility index (Phi) is 2.91. The van der Waals surface area contributed by atoms with Gasteiger partial charge >= 0.3 is 0 Å². The molecule has 2 unspecified atom stereocenters. The van der Waals surface area contributed by atoms with Gasteiger partial charge in [0.2, 0.25) is 0 Å². The summed E-state index contributed by atoms with van der Waals surface area (Å²) in [5, 5.41) is 3.10. The van der Waals surface area contributed by atoms with Crippen LogP contribution in [0.2, 0.25) is 0 Å². The van der Waals surface area contributed by atoms with Crippen LogP contribution in [0.15, 0.2) is 0 Å². The third kappa shape index (κ3) is 2.06. The van der Waals surface area contributed by atoms with Crippen molar-refractivity contribution < 1.29 is 13.5 Å². The summed E-state index contributed by atoms with van der Waals surface area (Å²) < 4.78 is 30.8. The Morgan fingerprint density at radius 3 is 2.17 bits per heavy atom. The molecule has 2 heterocycles. The van der Waals surface area contributed by atoms with Crippen molar-refractivity contribution in [3.05, 3.63) is 0 Å². The van der Waals surface area contributed by atoms with Crippen LogP contribution in [0, 0.1) is 0 Å². The minimum atomic E-state index is -2.47. The van der Waals surface area contributed by atoms with Crippen LogP contribution in [0.3, 0.4) is 0 Å². The van der Waals surface area contributed by atoms with Gasteiger partial charge in [-0.2, -0.15) is 0 Å². The number of hydrogen-bond acceptors (Lipinski definition) is 2. The third-order valence-corrected chi connectivity index (χ3v) is 2.20. The van der Waals surface area contributed by atoms with E-state index in [4.69, 9.17) is 4.74 Å². The maximum atomic E-state index is 12.8. The molecule has 2 nitrogen and oxygen atoms in total. The van der Waals surface area contributed by atoms with Crippen molar-refractivity contribution in [1.29, 1.82) is 0 Å². The summed E-state index contributed by atoms with van der Waals surface area (Å²) in [7, 11) is 0. The molecule has 72 valence electrons. The van der Waals surface area contributed by atoms with E-state index >= 15 is 0 Å². The second-order valence-corrected chi connectivity index (χ2v) is 3.36. The minimum Gasteiger partial charge on any atom is -0.378 e. The fraction of sp³-hybridized carbons (Fsp3) is 1.00. The van der Waals surface area contributed by atoms with Gasteiger partial charge < -0.3 is 10.1 Å². The van der Waals surface area contributed by atoms with E-state index < -0.39 is 5.92 Å². The number of hydrogen-bond donors (Lipinski definition) is 1. The first-order valence-electron chi connectivity index (χ1n) is 3.87. The van der Waals surface area contributed by atoms with Gasteiger partial charge in [0.25, 0.3) is 5.92 Å². The van der Waals surface area contributed by atoms with E-state index in [0.29, 0.717) is 13.2 Å². The van der Waals surface area contributed by atoms with Crippen molar-refractivity contribution in [2.24, 2.45) is 0 Å². The molecule has 0 radical (unpaired) electrons. The molecule has 2 aliphatic rings. The Hall–Kier alpha value is 0.0700. The molecule has 1 N–H and O–H groups in total. The van der Waals surface area contributed by atoms with Crippen LogP contribution in [0.5, 0.6) is 0 Å². The number of nitrogens with one attached hydrogen (secondary N) is 1. The smallest absolute Gasteiger partial charge is 0.251 e. The zero-order valence-electron chi connectivity index (χ0n) is 6.56. The topological polar surface area (TPSA) is 21.3 Å². The molecule has 0 spiro atoms. The van der Waals surface area contributed by atoms with E-state index in [1.165, 1.54) is 0 Å². The lowest BCUT2D eigenvalue weighted by molar-refractivity contribution is -0.100. The maximum Gasteiger partial charge on any atom is 0.251 e. The Morgan fingerprint density at radius 2 is 1.67 bits per heavy atom. The lowest BCUT2D eigenvalue weighted by Gasteiger charge is -2.39. The van der Waals surface area contributed by atoms with Gasteiger partial charge in [0.05, 0.1) is 13.2 Å². The summed E-state index contributed by atoms with van der Waals surface area (Å²) in [6, 6.07) is -0.255. The van der Waals surface area contributed by atoms with Gasteiger partial charge in [-0.1, -0.05) is 0 Å². The summed E-state index contributed by atoms with van der Waals surface area (Å²) in [6.45, 7) is 0.873. The summed E-state index contributed by atoms with van der Waals surface area (Å²) in [5.41, 5.74) is 0. The first-order chi connectivity index (χ1) is 5.16. The van der Waals surface area contributed by atoms with Crippen molar-refractivity contribution in [2.75, 3.05) is 13.2 Å². The summed E-state index contributed by atoms with van der Waals surface area (Å²) in [5.74, 6) is -2.47. The highest BCUT2D eigenvalue weighted by molar-refractivity contribution is 5.85. The molecule has 0 aromatic rings. The first kappa shape index (κ1) is 10.2. The highest BCUT2D eigenvalue weighted by Crippen LogP contribution is 2.32. The van der Waals surface area contributed by atoms with E-state index in [2.05, 4.69) is 5.32 Å². The van der Waals surface area contributed by atoms with Crippen molar-refractivity contribution in [3.8, 4) is 0 Å². The molecule has 2 rings (SSSR count). The fourth-order valence-corrected chi connectivity index (χ4v) is 1.82. The predicted molar refractivity (Wildman–Crippen MR) is 43.0 cm³/mol. The van der Waals surface area contributed by atoms with Crippen molar-refractivity contribution in [3.63, 3.8) is 0 Å². The SMILES string of the molecule is Cl.FC1(F)CC2COCC(C1)N2. The molecule has 2 atom stereocenters. The quantitative estimate of drug-likeness (QED) is 0.633. The normalized spacial score (nSPS) is 38.5. The molecule has 2 aliphatic heterocycles. The van der Waals surface area contributed by atoms with E-state index in [1.807, 2.05) is 0 Å². The standard InChI is InChI=1S/C7H11F2NO.ClH/c8-7(9)1-5-3-11-4-6(2-7)10-5;/h5-6,10H,1-4H2;1H. The van der Waals surface area contributed by atoms with E-state index in [1.54, 1.807) is 0 Å². The number of alkyl halides is 2. The van der Waals surface area contributed by atoms with Gasteiger partial charge in [0, 0.05) is 24.9 Å². The van der Waals surface area contributed by atoms with Crippen LogP contribution in [-0.2, 0) is 4.74 Å². The molecule has 2 bridgehead atoms. The fourth-order valence-electron chi connectivity index (χ4n) is 1.82. The summed E-state index contributed by atoms with van der Waals surface area (Å²) in [6.07, 6.45) is -0.132. The third-order valence-electron chi connectivity index (χ3n) is 2.20. The lowest BCUT2D eigenvalue weighted by atomic mass is 9.94. The molecular formula is C7H12ClF2NO. The van der Waals surface area contributed by atoms with Crippen LogP contribution in [-0.4, -0.2) is 31.2 Å². The van der Waals surface area contributed by atoms with Gasteiger partial charge in [-0.3, -0.25) is 0 Å². The van der Waals surface area contributed by atoms with Crippen LogP contribution in [0.4, 0.5) is 8.78 Å². The highest BCUT2D eigenvalue weighted by atomic mass is 35.5. The van der Waals surface area contributed by atoms with Crippen molar-refractivity contribution in [2.45, 2.75) is 30.8 Å². The molecular weight excluding hydrogens is 188 g/mol. The van der Waals surface area contributed by atoms with Crippen molar-refractivity contribution >= 4 is 12.4 Å². The van der Waals surface area contributed by atoms with E-state index in [-0.39, 0.29) is 37.3 Å². The molecule has 0 aromatic heterocycles. The molecule has 0 aromatic carbocycles. The molecule has 5 heteroatoms.